The molecule has 0 spiro atoms. The van der Waals surface area contributed by atoms with E-state index in [2.05, 4.69) is 74.6 Å². The van der Waals surface area contributed by atoms with Gasteiger partial charge >= 0.3 is 0 Å². The van der Waals surface area contributed by atoms with Crippen molar-refractivity contribution in [2.24, 2.45) is 0 Å². The van der Waals surface area contributed by atoms with Crippen LogP contribution in [0.25, 0.3) is 0 Å². The molecule has 0 aliphatic carbocycles. The largest absolute Gasteiger partial charge is 0.309 e. The summed E-state index contributed by atoms with van der Waals surface area (Å²) < 4.78 is 0. The number of thioether (sulfide) groups is 1. The van der Waals surface area contributed by atoms with Crippen molar-refractivity contribution in [3.05, 3.63) is 65.2 Å². The Kier molecular flexibility index (Phi) is 6.34. The van der Waals surface area contributed by atoms with E-state index < -0.39 is 0 Å². The van der Waals surface area contributed by atoms with Gasteiger partial charge in [-0.15, -0.1) is 11.8 Å². The first-order chi connectivity index (χ1) is 10.2. The lowest BCUT2D eigenvalue weighted by atomic mass is 10.1. The smallest absolute Gasteiger partial charge is 0.0415 e. The Bertz CT molecular complexity index is 565. The van der Waals surface area contributed by atoms with Crippen LogP contribution in [0.15, 0.2) is 53.4 Å². The molecular weight excluding hydrogens is 274 g/mol. The Morgan fingerprint density at radius 3 is 2.38 bits per heavy atom. The zero-order valence-corrected chi connectivity index (χ0v) is 14.0. The van der Waals surface area contributed by atoms with Crippen LogP contribution in [0.1, 0.15) is 36.1 Å². The van der Waals surface area contributed by atoms with Gasteiger partial charge in [-0.25, -0.2) is 0 Å². The number of hydrogen-bond donors (Lipinski definition) is 1. The van der Waals surface area contributed by atoms with Crippen LogP contribution in [-0.2, 0) is 0 Å². The van der Waals surface area contributed by atoms with E-state index in [-0.39, 0.29) is 0 Å². The molecule has 2 rings (SSSR count). The molecule has 2 aromatic carbocycles. The predicted octanol–water partition coefficient (Wildman–Crippen LogP) is 5.14. The second-order valence-electron chi connectivity index (χ2n) is 5.55. The molecule has 0 saturated carbocycles. The van der Waals surface area contributed by atoms with Crippen molar-refractivity contribution in [1.29, 1.82) is 0 Å². The van der Waals surface area contributed by atoms with E-state index in [1.54, 1.807) is 0 Å². The van der Waals surface area contributed by atoms with E-state index in [9.17, 15) is 0 Å². The van der Waals surface area contributed by atoms with E-state index >= 15 is 0 Å². The van der Waals surface area contributed by atoms with E-state index in [0.29, 0.717) is 6.04 Å². The van der Waals surface area contributed by atoms with Crippen molar-refractivity contribution >= 4 is 11.8 Å². The molecule has 2 aromatic rings. The summed E-state index contributed by atoms with van der Waals surface area (Å²) in [4.78, 5) is 1.35. The topological polar surface area (TPSA) is 12.0 Å². The number of benzene rings is 2. The van der Waals surface area contributed by atoms with Crippen LogP contribution in [-0.4, -0.2) is 12.3 Å². The van der Waals surface area contributed by atoms with Crippen LogP contribution in [0.5, 0.6) is 0 Å². The average molecular weight is 299 g/mol. The lowest BCUT2D eigenvalue weighted by Gasteiger charge is -2.19. The summed E-state index contributed by atoms with van der Waals surface area (Å²) in [6.45, 7) is 7.59. The number of nitrogens with one attached hydrogen (secondary N) is 1. The first-order valence-corrected chi connectivity index (χ1v) is 8.67. The highest BCUT2D eigenvalue weighted by Crippen LogP contribution is 2.26. The van der Waals surface area contributed by atoms with Gasteiger partial charge in [0.15, 0.2) is 0 Å². The number of hydrogen-bond acceptors (Lipinski definition) is 2. The van der Waals surface area contributed by atoms with E-state index in [4.69, 9.17) is 0 Å². The van der Waals surface area contributed by atoms with Gasteiger partial charge in [-0.05, 0) is 44.5 Å². The molecule has 0 aliphatic heterocycles. The first-order valence-electron chi connectivity index (χ1n) is 7.68. The molecule has 0 aromatic heterocycles. The summed E-state index contributed by atoms with van der Waals surface area (Å²) in [6.07, 6.45) is 1.16. The molecule has 2 heteroatoms. The van der Waals surface area contributed by atoms with Crippen molar-refractivity contribution < 1.29 is 0 Å². The molecule has 112 valence electrons. The van der Waals surface area contributed by atoms with Gasteiger partial charge in [0.05, 0.1) is 0 Å². The Balaban J connectivity index is 2.06. The number of aryl methyl sites for hydroxylation is 2. The van der Waals surface area contributed by atoms with Crippen LogP contribution < -0.4 is 5.32 Å². The maximum Gasteiger partial charge on any atom is 0.0415 e. The fourth-order valence-corrected chi connectivity index (χ4v) is 3.48. The van der Waals surface area contributed by atoms with Crippen molar-refractivity contribution in [1.82, 2.24) is 5.32 Å². The fraction of sp³-hybridized carbons (Fsp3) is 0.368. The highest BCUT2D eigenvalue weighted by Gasteiger charge is 2.11. The van der Waals surface area contributed by atoms with Gasteiger partial charge in [0.2, 0.25) is 0 Å². The fourth-order valence-electron chi connectivity index (χ4n) is 2.36. The second kappa shape index (κ2) is 8.26. The van der Waals surface area contributed by atoms with Gasteiger partial charge < -0.3 is 5.32 Å². The van der Waals surface area contributed by atoms with Crippen molar-refractivity contribution in [3.63, 3.8) is 0 Å². The molecule has 0 fully saturated rings. The van der Waals surface area contributed by atoms with Gasteiger partial charge in [0.1, 0.15) is 0 Å². The minimum Gasteiger partial charge on any atom is -0.309 e. The van der Waals surface area contributed by atoms with E-state index in [1.165, 1.54) is 21.6 Å². The average Bonchev–Trinajstić information content (AvgIpc) is 2.47. The third-order valence-corrected chi connectivity index (χ3v) is 4.58. The molecule has 0 bridgehead atoms. The minimum atomic E-state index is 0.412. The molecule has 1 atom stereocenters. The van der Waals surface area contributed by atoms with Crippen LogP contribution >= 0.6 is 11.8 Å². The van der Waals surface area contributed by atoms with Gasteiger partial charge in [0, 0.05) is 16.7 Å². The second-order valence-corrected chi connectivity index (χ2v) is 6.64. The summed E-state index contributed by atoms with van der Waals surface area (Å²) in [5, 5.41) is 3.68. The van der Waals surface area contributed by atoms with Crippen LogP contribution in [0.3, 0.4) is 0 Å². The van der Waals surface area contributed by atoms with E-state index in [0.717, 1.165) is 18.7 Å². The minimum absolute atomic E-state index is 0.412. The first kappa shape index (κ1) is 16.1. The van der Waals surface area contributed by atoms with E-state index in [1.807, 2.05) is 11.8 Å². The zero-order valence-electron chi connectivity index (χ0n) is 13.2. The van der Waals surface area contributed by atoms with Gasteiger partial charge in [-0.3, -0.25) is 0 Å². The quantitative estimate of drug-likeness (QED) is 0.711. The summed E-state index contributed by atoms with van der Waals surface area (Å²) in [6, 6.07) is 18.0. The maximum atomic E-state index is 3.68. The normalized spacial score (nSPS) is 12.3. The van der Waals surface area contributed by atoms with Crippen molar-refractivity contribution in [2.45, 2.75) is 38.1 Å². The SMILES string of the molecule is CCCNC(CSc1cccc(C)c1)c1cccc(C)c1. The molecule has 0 heterocycles. The van der Waals surface area contributed by atoms with Crippen LogP contribution in [0.4, 0.5) is 0 Å². The third-order valence-electron chi connectivity index (χ3n) is 3.49. The summed E-state index contributed by atoms with van der Waals surface area (Å²) in [5.41, 5.74) is 4.05. The summed E-state index contributed by atoms with van der Waals surface area (Å²) in [5.74, 6) is 1.06. The van der Waals surface area contributed by atoms with Crippen molar-refractivity contribution in [3.8, 4) is 0 Å². The lowest BCUT2D eigenvalue weighted by molar-refractivity contribution is 0.577. The Morgan fingerprint density at radius 2 is 1.71 bits per heavy atom. The highest BCUT2D eigenvalue weighted by atomic mass is 32.2. The Labute approximate surface area is 133 Å². The predicted molar refractivity (Wildman–Crippen MR) is 94.1 cm³/mol. The molecule has 1 nitrogen and oxygen atoms in total. The summed E-state index contributed by atoms with van der Waals surface area (Å²) >= 11 is 1.93. The molecular formula is C19H25NS. The standard InChI is InChI=1S/C19H25NS/c1-4-11-20-19(17-9-5-7-15(2)12-17)14-21-18-10-6-8-16(3)13-18/h5-10,12-13,19-20H,4,11,14H2,1-3H3. The Hall–Kier alpha value is -1.25. The van der Waals surface area contributed by atoms with Crippen LogP contribution in [0, 0.1) is 13.8 Å². The lowest BCUT2D eigenvalue weighted by Crippen LogP contribution is -2.24. The van der Waals surface area contributed by atoms with Gasteiger partial charge in [-0.2, -0.15) is 0 Å². The molecule has 21 heavy (non-hydrogen) atoms. The molecule has 0 saturated heterocycles. The van der Waals surface area contributed by atoms with Gasteiger partial charge in [0.25, 0.3) is 0 Å². The molecule has 0 aliphatic rings. The number of rotatable bonds is 7. The molecule has 1 N–H and O–H groups in total. The van der Waals surface area contributed by atoms with Crippen LogP contribution in [0.2, 0.25) is 0 Å². The van der Waals surface area contributed by atoms with Crippen molar-refractivity contribution in [2.75, 3.05) is 12.3 Å². The Morgan fingerprint density at radius 1 is 1.00 bits per heavy atom. The molecule has 0 radical (unpaired) electrons. The molecule has 1 unspecified atom stereocenters. The van der Waals surface area contributed by atoms with Gasteiger partial charge in [-0.1, -0.05) is 54.4 Å². The third kappa shape index (κ3) is 5.22. The summed E-state index contributed by atoms with van der Waals surface area (Å²) in [7, 11) is 0. The zero-order chi connectivity index (χ0) is 15.1. The highest BCUT2D eigenvalue weighted by molar-refractivity contribution is 7.99. The molecule has 0 amide bonds. The maximum absolute atomic E-state index is 3.68. The monoisotopic (exact) mass is 299 g/mol.